The van der Waals surface area contributed by atoms with Crippen molar-refractivity contribution in [2.45, 2.75) is 26.3 Å². The number of carbonyl (C=O) groups excluding carboxylic acids is 1. The molecule has 0 spiro atoms. The Bertz CT molecular complexity index is 533. The fraction of sp³-hybridized carbons (Fsp3) is 0.267. The van der Waals surface area contributed by atoms with Gasteiger partial charge >= 0.3 is 0 Å². The highest BCUT2D eigenvalue weighted by Crippen LogP contribution is 2.22. The molecule has 0 saturated carbocycles. The molecule has 0 aliphatic carbocycles. The first-order valence-electron chi connectivity index (χ1n) is 5.96. The number of amides is 1. The fourth-order valence-electron chi connectivity index (χ4n) is 2.09. The Morgan fingerprint density at radius 1 is 1.18 bits per heavy atom. The smallest absolute Gasteiger partial charge is 0.217 e. The molecule has 17 heavy (non-hydrogen) atoms. The van der Waals surface area contributed by atoms with Gasteiger partial charge in [0, 0.05) is 6.92 Å². The zero-order valence-electron chi connectivity index (χ0n) is 10.2. The van der Waals surface area contributed by atoms with Gasteiger partial charge in [-0.15, -0.1) is 0 Å². The van der Waals surface area contributed by atoms with Crippen LogP contribution in [0.2, 0.25) is 0 Å². The normalized spacial score (nSPS) is 12.4. The number of carbonyl (C=O) groups is 1. The molecule has 88 valence electrons. The molecule has 2 aromatic rings. The zero-order chi connectivity index (χ0) is 12.3. The third-order valence-electron chi connectivity index (χ3n) is 2.96. The van der Waals surface area contributed by atoms with Crippen LogP contribution >= 0.6 is 0 Å². The van der Waals surface area contributed by atoms with Crippen LogP contribution in [0.4, 0.5) is 0 Å². The molecule has 0 fully saturated rings. The molecule has 0 aliphatic rings. The summed E-state index contributed by atoms with van der Waals surface area (Å²) in [6.45, 7) is 3.64. The topological polar surface area (TPSA) is 29.1 Å². The van der Waals surface area contributed by atoms with Crippen molar-refractivity contribution in [2.24, 2.45) is 0 Å². The molecule has 0 aliphatic heterocycles. The molecule has 0 saturated heterocycles. The van der Waals surface area contributed by atoms with Gasteiger partial charge in [-0.3, -0.25) is 4.79 Å². The summed E-state index contributed by atoms with van der Waals surface area (Å²) >= 11 is 0. The number of benzene rings is 2. The highest BCUT2D eigenvalue weighted by molar-refractivity contribution is 5.83. The molecule has 0 heterocycles. The lowest BCUT2D eigenvalue weighted by Crippen LogP contribution is -2.25. The second-order valence-corrected chi connectivity index (χ2v) is 4.27. The number of hydrogen-bond acceptors (Lipinski definition) is 1. The predicted molar refractivity (Wildman–Crippen MR) is 70.8 cm³/mol. The summed E-state index contributed by atoms with van der Waals surface area (Å²) in [6, 6.07) is 14.7. The Labute approximate surface area is 102 Å². The van der Waals surface area contributed by atoms with E-state index in [-0.39, 0.29) is 11.9 Å². The van der Waals surface area contributed by atoms with E-state index in [4.69, 9.17) is 0 Å². The summed E-state index contributed by atoms with van der Waals surface area (Å²) in [4.78, 5) is 11.1. The second-order valence-electron chi connectivity index (χ2n) is 4.27. The van der Waals surface area contributed by atoms with Gasteiger partial charge in [0.15, 0.2) is 0 Å². The Morgan fingerprint density at radius 2 is 1.88 bits per heavy atom. The van der Waals surface area contributed by atoms with Crippen LogP contribution in [0.15, 0.2) is 42.5 Å². The molecule has 0 bridgehead atoms. The van der Waals surface area contributed by atoms with Crippen LogP contribution in [0.5, 0.6) is 0 Å². The lowest BCUT2D eigenvalue weighted by molar-refractivity contribution is -0.119. The first-order chi connectivity index (χ1) is 8.20. The minimum atomic E-state index is 0.0185. The molecule has 0 aromatic heterocycles. The summed E-state index contributed by atoms with van der Waals surface area (Å²) in [5.74, 6) is 0.0185. The Morgan fingerprint density at radius 3 is 2.53 bits per heavy atom. The maximum absolute atomic E-state index is 11.1. The third kappa shape index (κ3) is 2.64. The molecule has 2 heteroatoms. The van der Waals surface area contributed by atoms with Crippen LogP contribution in [-0.2, 0) is 4.79 Å². The van der Waals surface area contributed by atoms with Crippen LogP contribution in [0.1, 0.15) is 31.9 Å². The van der Waals surface area contributed by atoms with Crippen molar-refractivity contribution in [2.75, 3.05) is 0 Å². The van der Waals surface area contributed by atoms with Crippen LogP contribution < -0.4 is 5.32 Å². The first-order valence-corrected chi connectivity index (χ1v) is 5.96. The molecule has 2 rings (SSSR count). The maximum atomic E-state index is 11.1. The molecule has 2 aromatic carbocycles. The van der Waals surface area contributed by atoms with Crippen LogP contribution in [0.3, 0.4) is 0 Å². The number of rotatable bonds is 3. The largest absolute Gasteiger partial charge is 0.350 e. The van der Waals surface area contributed by atoms with Gasteiger partial charge in [0.1, 0.15) is 0 Å². The van der Waals surface area contributed by atoms with E-state index in [9.17, 15) is 4.79 Å². The number of hydrogen-bond donors (Lipinski definition) is 1. The van der Waals surface area contributed by atoms with Gasteiger partial charge in [0.05, 0.1) is 6.04 Å². The maximum Gasteiger partial charge on any atom is 0.217 e. The van der Waals surface area contributed by atoms with Crippen LogP contribution in [0.25, 0.3) is 10.8 Å². The van der Waals surface area contributed by atoms with Gasteiger partial charge in [0.2, 0.25) is 5.91 Å². The van der Waals surface area contributed by atoms with Crippen molar-refractivity contribution in [1.29, 1.82) is 0 Å². The van der Waals surface area contributed by atoms with E-state index in [1.165, 1.54) is 16.3 Å². The summed E-state index contributed by atoms with van der Waals surface area (Å²) in [6.07, 6.45) is 0.901. The molecule has 2 nitrogen and oxygen atoms in total. The SMILES string of the molecule is CC[C@H](NC(C)=O)c1ccc2ccccc2c1. The summed E-state index contributed by atoms with van der Waals surface area (Å²) in [7, 11) is 0. The van der Waals surface area contributed by atoms with Gasteiger partial charge in [-0.25, -0.2) is 0 Å². The second kappa shape index (κ2) is 5.00. The zero-order valence-corrected chi connectivity index (χ0v) is 10.2. The molecule has 1 amide bonds. The Hall–Kier alpha value is -1.83. The van der Waals surface area contributed by atoms with Gasteiger partial charge < -0.3 is 5.32 Å². The molecular formula is C15H17NO. The van der Waals surface area contributed by atoms with Crippen molar-refractivity contribution in [3.05, 3.63) is 48.0 Å². The van der Waals surface area contributed by atoms with Crippen molar-refractivity contribution >= 4 is 16.7 Å². The van der Waals surface area contributed by atoms with E-state index in [1.54, 1.807) is 6.92 Å². The average molecular weight is 227 g/mol. The van der Waals surface area contributed by atoms with E-state index in [1.807, 2.05) is 12.1 Å². The first kappa shape index (κ1) is 11.6. The summed E-state index contributed by atoms with van der Waals surface area (Å²) in [5.41, 5.74) is 1.17. The minimum absolute atomic E-state index is 0.0185. The Kier molecular flexibility index (Phi) is 3.43. The van der Waals surface area contributed by atoms with Crippen molar-refractivity contribution in [1.82, 2.24) is 5.32 Å². The van der Waals surface area contributed by atoms with Gasteiger partial charge in [-0.2, -0.15) is 0 Å². The fourth-order valence-corrected chi connectivity index (χ4v) is 2.09. The van der Waals surface area contributed by atoms with Gasteiger partial charge in [-0.1, -0.05) is 43.3 Å². The van der Waals surface area contributed by atoms with Crippen LogP contribution in [-0.4, -0.2) is 5.91 Å². The van der Waals surface area contributed by atoms with E-state index < -0.39 is 0 Å². The highest BCUT2D eigenvalue weighted by atomic mass is 16.1. The van der Waals surface area contributed by atoms with Crippen molar-refractivity contribution in [3.8, 4) is 0 Å². The van der Waals surface area contributed by atoms with Crippen LogP contribution in [0, 0.1) is 0 Å². The van der Waals surface area contributed by atoms with E-state index in [2.05, 4.69) is 42.6 Å². The minimum Gasteiger partial charge on any atom is -0.350 e. The Balaban J connectivity index is 2.37. The number of nitrogens with one attached hydrogen (secondary N) is 1. The van der Waals surface area contributed by atoms with E-state index in [0.717, 1.165) is 6.42 Å². The van der Waals surface area contributed by atoms with E-state index in [0.29, 0.717) is 0 Å². The third-order valence-corrected chi connectivity index (χ3v) is 2.96. The quantitative estimate of drug-likeness (QED) is 0.855. The van der Waals surface area contributed by atoms with Gasteiger partial charge in [0.25, 0.3) is 0 Å². The summed E-state index contributed by atoms with van der Waals surface area (Å²) in [5, 5.41) is 5.42. The average Bonchev–Trinajstić information content (AvgIpc) is 2.35. The molecule has 0 unspecified atom stereocenters. The monoisotopic (exact) mass is 227 g/mol. The lowest BCUT2D eigenvalue weighted by atomic mass is 10.0. The standard InChI is InChI=1S/C15H17NO/c1-3-15(16-11(2)17)14-9-8-12-6-4-5-7-13(12)10-14/h4-10,15H,3H2,1-2H3,(H,16,17)/t15-/m0/s1. The predicted octanol–water partition coefficient (Wildman–Crippen LogP) is 3.43. The van der Waals surface area contributed by atoms with Crippen molar-refractivity contribution in [3.63, 3.8) is 0 Å². The molecule has 1 atom stereocenters. The highest BCUT2D eigenvalue weighted by Gasteiger charge is 2.10. The number of fused-ring (bicyclic) bond motifs is 1. The summed E-state index contributed by atoms with van der Waals surface area (Å²) < 4.78 is 0. The molecule has 1 N–H and O–H groups in total. The molecular weight excluding hydrogens is 210 g/mol. The lowest BCUT2D eigenvalue weighted by Gasteiger charge is -2.16. The molecule has 0 radical (unpaired) electrons. The van der Waals surface area contributed by atoms with Crippen molar-refractivity contribution < 1.29 is 4.79 Å². The van der Waals surface area contributed by atoms with Gasteiger partial charge in [-0.05, 0) is 28.8 Å². The van der Waals surface area contributed by atoms with E-state index >= 15 is 0 Å².